The van der Waals surface area contributed by atoms with Crippen LogP contribution in [0.1, 0.15) is 24.3 Å². The molecule has 1 rings (SSSR count). The molecule has 1 aromatic rings. The highest BCUT2D eigenvalue weighted by atomic mass is 79.9. The van der Waals surface area contributed by atoms with Crippen molar-refractivity contribution in [1.29, 1.82) is 0 Å². The summed E-state index contributed by atoms with van der Waals surface area (Å²) in [6.45, 7) is 0. The molecule has 0 aliphatic carbocycles. The molecule has 2 amide bonds. The Hall–Kier alpha value is -1.36. The number of amides is 2. The second-order valence-electron chi connectivity index (χ2n) is 3.59. The first-order valence-electron chi connectivity index (χ1n) is 4.81. The van der Waals surface area contributed by atoms with E-state index in [1.165, 1.54) is 0 Å². The van der Waals surface area contributed by atoms with Crippen molar-refractivity contribution in [3.63, 3.8) is 0 Å². The Morgan fingerprint density at radius 3 is 1.88 bits per heavy atom. The van der Waals surface area contributed by atoms with Gasteiger partial charge in [0.2, 0.25) is 11.8 Å². The van der Waals surface area contributed by atoms with Crippen LogP contribution in [0, 0.1) is 0 Å². The van der Waals surface area contributed by atoms with Crippen LogP contribution >= 0.6 is 15.9 Å². The summed E-state index contributed by atoms with van der Waals surface area (Å²) in [7, 11) is 0. The van der Waals surface area contributed by atoms with Gasteiger partial charge in [-0.1, -0.05) is 28.1 Å². The number of primary amides is 2. The Kier molecular flexibility index (Phi) is 4.49. The molecule has 0 saturated carbocycles. The van der Waals surface area contributed by atoms with E-state index in [9.17, 15) is 9.59 Å². The van der Waals surface area contributed by atoms with Crippen molar-refractivity contribution in [2.45, 2.75) is 18.8 Å². The highest BCUT2D eigenvalue weighted by Gasteiger charge is 2.16. The van der Waals surface area contributed by atoms with Crippen LogP contribution in [0.5, 0.6) is 0 Å². The van der Waals surface area contributed by atoms with Gasteiger partial charge in [-0.05, 0) is 17.7 Å². The molecule has 0 aromatic heterocycles. The second-order valence-corrected chi connectivity index (χ2v) is 4.51. The summed E-state index contributed by atoms with van der Waals surface area (Å²) in [5.74, 6) is -1.11. The van der Waals surface area contributed by atoms with Gasteiger partial charge in [-0.3, -0.25) is 9.59 Å². The number of carbonyl (C=O) groups excluding carboxylic acids is 2. The van der Waals surface area contributed by atoms with Crippen LogP contribution in [0.2, 0.25) is 0 Å². The average molecular weight is 285 g/mol. The molecule has 16 heavy (non-hydrogen) atoms. The maximum atomic E-state index is 10.9. The van der Waals surface area contributed by atoms with Crippen LogP contribution in [0.4, 0.5) is 0 Å². The third-order valence-electron chi connectivity index (χ3n) is 2.24. The van der Waals surface area contributed by atoms with Gasteiger partial charge in [-0.2, -0.15) is 0 Å². The quantitative estimate of drug-likeness (QED) is 0.853. The summed E-state index contributed by atoms with van der Waals surface area (Å²) in [4.78, 5) is 21.8. The lowest BCUT2D eigenvalue weighted by atomic mass is 9.92. The fourth-order valence-corrected chi connectivity index (χ4v) is 1.79. The van der Waals surface area contributed by atoms with E-state index in [1.54, 1.807) is 0 Å². The zero-order chi connectivity index (χ0) is 12.1. The fraction of sp³-hybridized carbons (Fsp3) is 0.273. The maximum Gasteiger partial charge on any atom is 0.218 e. The van der Waals surface area contributed by atoms with E-state index >= 15 is 0 Å². The van der Waals surface area contributed by atoms with Gasteiger partial charge in [0.25, 0.3) is 0 Å². The van der Waals surface area contributed by atoms with Gasteiger partial charge in [0, 0.05) is 23.2 Å². The molecule has 0 heterocycles. The minimum Gasteiger partial charge on any atom is -0.370 e. The van der Waals surface area contributed by atoms with Gasteiger partial charge < -0.3 is 11.5 Å². The molecule has 4 N–H and O–H groups in total. The third kappa shape index (κ3) is 4.02. The summed E-state index contributed by atoms with van der Waals surface area (Å²) < 4.78 is 0.938. The molecule has 0 radical (unpaired) electrons. The van der Waals surface area contributed by atoms with Crippen molar-refractivity contribution < 1.29 is 9.59 Å². The van der Waals surface area contributed by atoms with Crippen LogP contribution < -0.4 is 11.5 Å². The Morgan fingerprint density at radius 1 is 1.06 bits per heavy atom. The number of rotatable bonds is 5. The molecule has 0 bridgehead atoms. The molecule has 0 atom stereocenters. The SMILES string of the molecule is NC(=O)CC(CC(N)=O)c1ccc(Br)cc1. The first kappa shape index (κ1) is 12.7. The standard InChI is InChI=1S/C11H13BrN2O2/c12-9-3-1-7(2-4-9)8(5-10(13)15)6-11(14)16/h1-4,8H,5-6H2,(H2,13,15)(H2,14,16). The molecule has 0 aliphatic heterocycles. The smallest absolute Gasteiger partial charge is 0.218 e. The van der Waals surface area contributed by atoms with Crippen molar-refractivity contribution in [2.24, 2.45) is 11.5 Å². The number of halogens is 1. The first-order chi connectivity index (χ1) is 7.49. The molecule has 0 saturated heterocycles. The lowest BCUT2D eigenvalue weighted by Gasteiger charge is -2.13. The van der Waals surface area contributed by atoms with Gasteiger partial charge in [-0.15, -0.1) is 0 Å². The second kappa shape index (κ2) is 5.65. The molecule has 4 nitrogen and oxygen atoms in total. The number of carbonyl (C=O) groups is 2. The minimum absolute atomic E-state index is 0.130. The first-order valence-corrected chi connectivity index (χ1v) is 5.60. The number of hydrogen-bond acceptors (Lipinski definition) is 2. The molecular formula is C11H13BrN2O2. The summed E-state index contributed by atoms with van der Waals surface area (Å²) in [6, 6.07) is 7.40. The van der Waals surface area contributed by atoms with Gasteiger partial charge >= 0.3 is 0 Å². The zero-order valence-electron chi connectivity index (χ0n) is 8.65. The van der Waals surface area contributed by atoms with Gasteiger partial charge in [-0.25, -0.2) is 0 Å². The third-order valence-corrected chi connectivity index (χ3v) is 2.77. The largest absolute Gasteiger partial charge is 0.370 e. The zero-order valence-corrected chi connectivity index (χ0v) is 10.2. The van der Waals surface area contributed by atoms with Crippen LogP contribution in [-0.4, -0.2) is 11.8 Å². The van der Waals surface area contributed by atoms with Crippen LogP contribution in [0.15, 0.2) is 28.7 Å². The van der Waals surface area contributed by atoms with E-state index in [1.807, 2.05) is 24.3 Å². The van der Waals surface area contributed by atoms with Crippen LogP contribution in [-0.2, 0) is 9.59 Å². The Labute approximate surface area is 102 Å². The monoisotopic (exact) mass is 284 g/mol. The van der Waals surface area contributed by atoms with Crippen molar-refractivity contribution in [3.05, 3.63) is 34.3 Å². The lowest BCUT2D eigenvalue weighted by Crippen LogP contribution is -2.20. The normalized spacial score (nSPS) is 10.4. The predicted octanol–water partition coefficient (Wildman–Crippen LogP) is 1.28. The summed E-state index contributed by atoms with van der Waals surface area (Å²) in [6.07, 6.45) is 0.259. The molecule has 1 aromatic carbocycles. The van der Waals surface area contributed by atoms with E-state index in [0.29, 0.717) is 0 Å². The van der Waals surface area contributed by atoms with Crippen molar-refractivity contribution in [3.8, 4) is 0 Å². The molecule has 5 heteroatoms. The Balaban J connectivity index is 2.86. The molecule has 0 spiro atoms. The molecule has 0 aliphatic rings. The predicted molar refractivity (Wildman–Crippen MR) is 64.5 cm³/mol. The minimum atomic E-state index is -0.436. The van der Waals surface area contributed by atoms with E-state index in [4.69, 9.17) is 11.5 Å². The molecule has 86 valence electrons. The Bertz CT molecular complexity index is 373. The summed E-state index contributed by atoms with van der Waals surface area (Å²) in [5.41, 5.74) is 11.2. The topological polar surface area (TPSA) is 86.2 Å². The molecule has 0 unspecified atom stereocenters. The van der Waals surface area contributed by atoms with Crippen molar-refractivity contribution in [1.82, 2.24) is 0 Å². The number of benzene rings is 1. The number of nitrogens with two attached hydrogens (primary N) is 2. The van der Waals surface area contributed by atoms with E-state index in [0.717, 1.165) is 10.0 Å². The fourth-order valence-electron chi connectivity index (χ4n) is 1.53. The van der Waals surface area contributed by atoms with E-state index in [-0.39, 0.29) is 18.8 Å². The van der Waals surface area contributed by atoms with Crippen LogP contribution in [0.25, 0.3) is 0 Å². The van der Waals surface area contributed by atoms with Crippen molar-refractivity contribution in [2.75, 3.05) is 0 Å². The van der Waals surface area contributed by atoms with Gasteiger partial charge in [0.15, 0.2) is 0 Å². The average Bonchev–Trinajstić information content (AvgIpc) is 2.16. The lowest BCUT2D eigenvalue weighted by molar-refractivity contribution is -0.119. The summed E-state index contributed by atoms with van der Waals surface area (Å²) in [5, 5.41) is 0. The Morgan fingerprint density at radius 2 is 1.50 bits per heavy atom. The summed E-state index contributed by atoms with van der Waals surface area (Å²) >= 11 is 3.31. The van der Waals surface area contributed by atoms with Gasteiger partial charge in [0.05, 0.1) is 0 Å². The van der Waals surface area contributed by atoms with Crippen molar-refractivity contribution >= 4 is 27.7 Å². The molecular weight excluding hydrogens is 272 g/mol. The highest BCUT2D eigenvalue weighted by molar-refractivity contribution is 9.10. The van der Waals surface area contributed by atoms with E-state index < -0.39 is 11.8 Å². The van der Waals surface area contributed by atoms with Crippen LogP contribution in [0.3, 0.4) is 0 Å². The highest BCUT2D eigenvalue weighted by Crippen LogP contribution is 2.24. The maximum absolute atomic E-state index is 10.9. The van der Waals surface area contributed by atoms with E-state index in [2.05, 4.69) is 15.9 Å². The van der Waals surface area contributed by atoms with Gasteiger partial charge in [0.1, 0.15) is 0 Å². The number of hydrogen-bond donors (Lipinski definition) is 2. The molecule has 0 fully saturated rings.